The minimum absolute atomic E-state index is 0.0337. The SMILES string of the molecule is CC(=O)NC(CC/C=C/C(=O)O)C(=O)Nc1cccn(CC(=O)NC(C)C(C)C)c1=O. The van der Waals surface area contributed by atoms with Gasteiger partial charge >= 0.3 is 5.97 Å². The Bertz CT molecular complexity index is 890. The van der Waals surface area contributed by atoms with Crippen molar-refractivity contribution in [3.8, 4) is 0 Å². The first-order chi connectivity index (χ1) is 14.5. The Morgan fingerprint density at radius 3 is 2.42 bits per heavy atom. The van der Waals surface area contributed by atoms with Crippen molar-refractivity contribution in [1.29, 1.82) is 0 Å². The van der Waals surface area contributed by atoms with Gasteiger partial charge in [-0.05, 0) is 37.8 Å². The van der Waals surface area contributed by atoms with E-state index in [0.29, 0.717) is 0 Å². The number of hydrogen-bond acceptors (Lipinski definition) is 5. The van der Waals surface area contributed by atoms with Crippen LogP contribution in [-0.4, -0.2) is 45.4 Å². The lowest BCUT2D eigenvalue weighted by atomic mass is 10.1. The molecular formula is C21H30N4O6. The van der Waals surface area contributed by atoms with Gasteiger partial charge in [-0.3, -0.25) is 19.2 Å². The van der Waals surface area contributed by atoms with Gasteiger partial charge in [-0.15, -0.1) is 0 Å². The number of anilines is 1. The Labute approximate surface area is 180 Å². The summed E-state index contributed by atoms with van der Waals surface area (Å²) in [5, 5.41) is 16.4. The lowest BCUT2D eigenvalue weighted by Crippen LogP contribution is -2.44. The molecule has 10 heteroatoms. The molecule has 170 valence electrons. The van der Waals surface area contributed by atoms with Gasteiger partial charge in [-0.25, -0.2) is 4.79 Å². The van der Waals surface area contributed by atoms with Crippen LogP contribution in [0.1, 0.15) is 40.5 Å². The molecule has 0 saturated heterocycles. The van der Waals surface area contributed by atoms with Crippen molar-refractivity contribution in [3.05, 3.63) is 40.8 Å². The zero-order valence-electron chi connectivity index (χ0n) is 18.2. The highest BCUT2D eigenvalue weighted by atomic mass is 16.4. The summed E-state index contributed by atoms with van der Waals surface area (Å²) < 4.78 is 1.18. The Morgan fingerprint density at radius 1 is 1.16 bits per heavy atom. The summed E-state index contributed by atoms with van der Waals surface area (Å²) in [6.45, 7) is 6.86. The second kappa shape index (κ2) is 12.3. The minimum Gasteiger partial charge on any atom is -0.478 e. The second-order valence-corrected chi connectivity index (χ2v) is 7.52. The Balaban J connectivity index is 2.89. The number of nitrogens with one attached hydrogen (secondary N) is 3. The third-order valence-corrected chi connectivity index (χ3v) is 4.56. The van der Waals surface area contributed by atoms with Gasteiger partial charge in [0.15, 0.2) is 0 Å². The molecule has 0 aliphatic rings. The second-order valence-electron chi connectivity index (χ2n) is 7.52. The number of carbonyl (C=O) groups excluding carboxylic acids is 3. The first-order valence-corrected chi connectivity index (χ1v) is 9.97. The molecule has 0 aliphatic heterocycles. The van der Waals surface area contributed by atoms with Gasteiger partial charge in [0, 0.05) is 25.2 Å². The van der Waals surface area contributed by atoms with Gasteiger partial charge in [0.1, 0.15) is 18.3 Å². The molecule has 0 bridgehead atoms. The highest BCUT2D eigenvalue weighted by Crippen LogP contribution is 2.05. The van der Waals surface area contributed by atoms with Gasteiger partial charge in [-0.2, -0.15) is 0 Å². The summed E-state index contributed by atoms with van der Waals surface area (Å²) in [6.07, 6.45) is 4.14. The van der Waals surface area contributed by atoms with E-state index in [0.717, 1.165) is 6.08 Å². The van der Waals surface area contributed by atoms with Crippen molar-refractivity contribution in [2.24, 2.45) is 5.92 Å². The van der Waals surface area contributed by atoms with Crippen LogP contribution in [0.4, 0.5) is 5.69 Å². The lowest BCUT2D eigenvalue weighted by molar-refractivity contribution is -0.131. The number of hydrogen-bond donors (Lipinski definition) is 4. The molecule has 31 heavy (non-hydrogen) atoms. The molecule has 2 atom stereocenters. The van der Waals surface area contributed by atoms with Crippen molar-refractivity contribution >= 4 is 29.4 Å². The van der Waals surface area contributed by atoms with Crippen LogP contribution in [0.2, 0.25) is 0 Å². The molecule has 0 radical (unpaired) electrons. The average Bonchev–Trinajstić information content (AvgIpc) is 2.66. The molecular weight excluding hydrogens is 404 g/mol. The molecule has 1 aromatic rings. The van der Waals surface area contributed by atoms with Crippen molar-refractivity contribution in [1.82, 2.24) is 15.2 Å². The normalized spacial score (nSPS) is 12.9. The topological polar surface area (TPSA) is 147 Å². The number of rotatable bonds is 11. The van der Waals surface area contributed by atoms with Crippen LogP contribution in [-0.2, 0) is 25.7 Å². The minimum atomic E-state index is -1.11. The van der Waals surface area contributed by atoms with Gasteiger partial charge in [-0.1, -0.05) is 19.9 Å². The molecule has 0 saturated carbocycles. The van der Waals surface area contributed by atoms with Crippen molar-refractivity contribution in [3.63, 3.8) is 0 Å². The fourth-order valence-electron chi connectivity index (χ4n) is 2.56. The van der Waals surface area contributed by atoms with E-state index in [-0.39, 0.29) is 42.9 Å². The maximum Gasteiger partial charge on any atom is 0.327 e. The van der Waals surface area contributed by atoms with E-state index >= 15 is 0 Å². The van der Waals surface area contributed by atoms with Crippen molar-refractivity contribution in [2.45, 2.75) is 59.2 Å². The van der Waals surface area contributed by atoms with Crippen LogP contribution < -0.4 is 21.5 Å². The molecule has 1 heterocycles. The number of nitrogens with zero attached hydrogens (tertiary/aromatic N) is 1. The largest absolute Gasteiger partial charge is 0.478 e. The zero-order valence-corrected chi connectivity index (χ0v) is 18.2. The summed E-state index contributed by atoms with van der Waals surface area (Å²) in [4.78, 5) is 59.4. The van der Waals surface area contributed by atoms with E-state index in [1.807, 2.05) is 20.8 Å². The third-order valence-electron chi connectivity index (χ3n) is 4.56. The van der Waals surface area contributed by atoms with E-state index in [4.69, 9.17) is 5.11 Å². The molecule has 0 aromatic carbocycles. The molecule has 2 unspecified atom stereocenters. The molecule has 10 nitrogen and oxygen atoms in total. The standard InChI is InChI=1S/C21H30N4O6/c1-13(2)14(3)22-18(27)12-25-11-7-9-17(21(25)31)24-20(30)16(23-15(4)26)8-5-6-10-19(28)29/h6-7,9-11,13-14,16H,5,8,12H2,1-4H3,(H,22,27)(H,23,26)(H,24,30)(H,28,29)/b10-6+. The maximum atomic E-state index is 12.6. The number of carboxylic acids is 1. The number of allylic oxidation sites excluding steroid dienone is 1. The maximum absolute atomic E-state index is 12.6. The Kier molecular flexibility index (Phi) is 10.2. The highest BCUT2D eigenvalue weighted by Gasteiger charge is 2.20. The number of aliphatic carboxylic acids is 1. The van der Waals surface area contributed by atoms with Crippen LogP contribution in [0, 0.1) is 5.92 Å². The molecule has 1 rings (SSSR count). The Morgan fingerprint density at radius 2 is 1.84 bits per heavy atom. The average molecular weight is 434 g/mol. The van der Waals surface area contributed by atoms with Crippen molar-refractivity contribution in [2.75, 3.05) is 5.32 Å². The van der Waals surface area contributed by atoms with Crippen LogP contribution in [0.3, 0.4) is 0 Å². The molecule has 0 spiro atoms. The predicted octanol–water partition coefficient (Wildman–Crippen LogP) is 0.873. The lowest BCUT2D eigenvalue weighted by Gasteiger charge is -2.18. The summed E-state index contributed by atoms with van der Waals surface area (Å²) >= 11 is 0. The smallest absolute Gasteiger partial charge is 0.327 e. The summed E-state index contributed by atoms with van der Waals surface area (Å²) in [7, 11) is 0. The fourth-order valence-corrected chi connectivity index (χ4v) is 2.56. The fraction of sp³-hybridized carbons (Fsp3) is 0.476. The molecule has 0 aliphatic carbocycles. The highest BCUT2D eigenvalue weighted by molar-refractivity contribution is 5.96. The van der Waals surface area contributed by atoms with Crippen molar-refractivity contribution < 1.29 is 24.3 Å². The van der Waals surface area contributed by atoms with E-state index in [1.165, 1.54) is 35.9 Å². The number of aromatic nitrogens is 1. The van der Waals surface area contributed by atoms with Crippen LogP contribution in [0.15, 0.2) is 35.3 Å². The molecule has 1 aromatic heterocycles. The predicted molar refractivity (Wildman–Crippen MR) is 115 cm³/mol. The third kappa shape index (κ3) is 9.28. The van der Waals surface area contributed by atoms with Gasteiger partial charge in [0.25, 0.3) is 5.56 Å². The van der Waals surface area contributed by atoms with Gasteiger partial charge in [0.2, 0.25) is 17.7 Å². The Hall–Kier alpha value is -3.43. The van der Waals surface area contributed by atoms with Crippen LogP contribution >= 0.6 is 0 Å². The number of carbonyl (C=O) groups is 4. The summed E-state index contributed by atoms with van der Waals surface area (Å²) in [6, 6.07) is 1.92. The van der Waals surface area contributed by atoms with E-state index in [1.54, 1.807) is 0 Å². The zero-order chi connectivity index (χ0) is 23.6. The number of carboxylic acid groups (broad SMARTS) is 1. The van der Waals surface area contributed by atoms with E-state index in [9.17, 15) is 24.0 Å². The quantitative estimate of drug-likeness (QED) is 0.380. The molecule has 4 N–H and O–H groups in total. The van der Waals surface area contributed by atoms with Crippen LogP contribution in [0.25, 0.3) is 0 Å². The number of pyridine rings is 1. The number of amides is 3. The first-order valence-electron chi connectivity index (χ1n) is 9.97. The van der Waals surface area contributed by atoms with E-state index in [2.05, 4.69) is 16.0 Å². The van der Waals surface area contributed by atoms with E-state index < -0.39 is 29.4 Å². The van der Waals surface area contributed by atoms with Crippen LogP contribution in [0.5, 0.6) is 0 Å². The molecule has 0 fully saturated rings. The molecule has 3 amide bonds. The monoisotopic (exact) mass is 434 g/mol. The first kappa shape index (κ1) is 25.6. The summed E-state index contributed by atoms with van der Waals surface area (Å²) in [5.74, 6) is -2.26. The van der Waals surface area contributed by atoms with Gasteiger partial charge in [0.05, 0.1) is 0 Å². The van der Waals surface area contributed by atoms with Gasteiger partial charge < -0.3 is 25.6 Å². The summed E-state index contributed by atoms with van der Waals surface area (Å²) in [5.41, 5.74) is -0.593.